The number of hydrogen-bond acceptors (Lipinski definition) is 10. The molecule has 1 aliphatic rings. The largest absolute Gasteiger partial charge is 1.00 e. The Morgan fingerprint density at radius 1 is 1.48 bits per heavy atom. The number of anilines is 1. The predicted molar refractivity (Wildman–Crippen MR) is 74.1 cm³/mol. The van der Waals surface area contributed by atoms with Crippen LogP contribution in [0.4, 0.5) is 5.82 Å². The molecule has 0 spiro atoms. The number of nitrogen functional groups attached to an aromatic ring is 1. The van der Waals surface area contributed by atoms with Crippen LogP contribution in [0.15, 0.2) is 17.1 Å². The minimum Gasteiger partial charge on any atom is -0.756 e. The normalized spacial score (nSPS) is 27.9. The molecule has 0 aliphatic carbocycles. The van der Waals surface area contributed by atoms with Crippen molar-refractivity contribution in [2.45, 2.75) is 24.9 Å². The van der Waals surface area contributed by atoms with Crippen LogP contribution < -0.4 is 45.9 Å². The van der Waals surface area contributed by atoms with Gasteiger partial charge in [-0.2, -0.15) is 4.98 Å². The number of nitrogens with zero attached hydrogens (tertiary/aromatic N) is 2. The second-order valence-electron chi connectivity index (χ2n) is 4.79. The summed E-state index contributed by atoms with van der Waals surface area (Å²) in [4.78, 5) is 43.1. The quantitative estimate of drug-likeness (QED) is 0.258. The van der Waals surface area contributed by atoms with Crippen molar-refractivity contribution in [2.75, 3.05) is 12.3 Å². The van der Waals surface area contributed by atoms with Gasteiger partial charge in [0.1, 0.15) is 18.1 Å². The van der Waals surface area contributed by atoms with Gasteiger partial charge in [-0.25, -0.2) is 13.7 Å². The second kappa shape index (κ2) is 8.70. The number of ether oxygens (including phenoxy) is 1. The summed E-state index contributed by atoms with van der Waals surface area (Å²) in [5.41, 5.74) is 4.63. The van der Waals surface area contributed by atoms with E-state index in [2.05, 4.69) is 13.8 Å². The van der Waals surface area contributed by atoms with Gasteiger partial charge < -0.3 is 30.3 Å². The maximum atomic E-state index is 11.7. The molecule has 2 heterocycles. The zero-order valence-electron chi connectivity index (χ0n) is 12.9. The van der Waals surface area contributed by atoms with Gasteiger partial charge in [0, 0.05) is 12.6 Å². The van der Waals surface area contributed by atoms with E-state index in [0.29, 0.717) is 0 Å². The SMILES string of the molecule is Nc1ccn([C@H]2C[C@H](O)[C@@H](COP(=O)(O)OP(=O)([O-])O)O2)c(=O)n1.[Na+]. The number of aliphatic hydroxyl groups is 1. The van der Waals surface area contributed by atoms with Crippen molar-refractivity contribution in [3.8, 4) is 0 Å². The van der Waals surface area contributed by atoms with Gasteiger partial charge in [-0.1, -0.05) is 0 Å². The summed E-state index contributed by atoms with van der Waals surface area (Å²) in [6, 6.07) is 1.34. The molecule has 0 bridgehead atoms. The molecular formula is C9H14N3NaO10P2. The zero-order valence-corrected chi connectivity index (χ0v) is 16.7. The summed E-state index contributed by atoms with van der Waals surface area (Å²) in [5.74, 6) is -0.000840. The Balaban J connectivity index is 0.00000312. The molecule has 2 unspecified atom stereocenters. The molecule has 0 aromatic carbocycles. The van der Waals surface area contributed by atoms with Crippen molar-refractivity contribution < 1.29 is 72.0 Å². The average molecular weight is 409 g/mol. The molecule has 0 saturated carbocycles. The molecule has 5 atom stereocenters. The van der Waals surface area contributed by atoms with Crippen LogP contribution in [0, 0.1) is 0 Å². The van der Waals surface area contributed by atoms with Crippen molar-refractivity contribution in [3.05, 3.63) is 22.7 Å². The monoisotopic (exact) mass is 409 g/mol. The molecule has 1 saturated heterocycles. The van der Waals surface area contributed by atoms with E-state index < -0.39 is 46.4 Å². The topological polar surface area (TPSA) is 206 Å². The minimum atomic E-state index is -5.49. The van der Waals surface area contributed by atoms with Crippen LogP contribution in [0.3, 0.4) is 0 Å². The Morgan fingerprint density at radius 3 is 2.68 bits per heavy atom. The number of rotatable bonds is 6. The number of phosphoric acid groups is 2. The third-order valence-corrected chi connectivity index (χ3v) is 5.10. The van der Waals surface area contributed by atoms with Crippen molar-refractivity contribution in [2.24, 2.45) is 0 Å². The van der Waals surface area contributed by atoms with Crippen LogP contribution in [0.25, 0.3) is 0 Å². The Kier molecular flexibility index (Phi) is 7.97. The van der Waals surface area contributed by atoms with Gasteiger partial charge in [0.15, 0.2) is 0 Å². The molecule has 1 aromatic rings. The summed E-state index contributed by atoms with van der Waals surface area (Å²) < 4.78 is 35.9. The predicted octanol–water partition coefficient (Wildman–Crippen LogP) is -4.93. The summed E-state index contributed by atoms with van der Waals surface area (Å²) >= 11 is 0. The summed E-state index contributed by atoms with van der Waals surface area (Å²) in [6.45, 7) is -0.734. The van der Waals surface area contributed by atoms with Crippen LogP contribution in [0.5, 0.6) is 0 Å². The molecule has 136 valence electrons. The van der Waals surface area contributed by atoms with Gasteiger partial charge in [-0.05, 0) is 6.07 Å². The molecule has 13 nitrogen and oxygen atoms in total. The van der Waals surface area contributed by atoms with E-state index in [9.17, 15) is 23.9 Å². The van der Waals surface area contributed by atoms with Crippen molar-refractivity contribution >= 4 is 21.5 Å². The average Bonchev–Trinajstić information content (AvgIpc) is 2.75. The maximum absolute atomic E-state index is 11.7. The first-order valence-electron chi connectivity index (χ1n) is 6.37. The van der Waals surface area contributed by atoms with Crippen LogP contribution in [-0.2, 0) is 22.7 Å². The standard InChI is InChI=1S/C9H15N3O10P2.Na/c10-7-1-2-12(9(14)11-7)8-3-5(13)6(21-8)4-20-24(18,19)22-23(15,16)17;/h1-2,5-6,8,13H,3-4H2,(H,18,19)(H2,10,11,14)(H2,15,16,17);/q;+1/p-1/t5-,6+,8+;/m0./s1. The van der Waals surface area contributed by atoms with E-state index in [-0.39, 0.29) is 41.8 Å². The first-order valence-corrected chi connectivity index (χ1v) is 9.36. The van der Waals surface area contributed by atoms with Gasteiger partial charge in [-0.15, -0.1) is 0 Å². The van der Waals surface area contributed by atoms with Crippen LogP contribution in [0.1, 0.15) is 12.6 Å². The Hall–Kier alpha value is -0.140. The molecule has 0 amide bonds. The molecule has 1 aromatic heterocycles. The van der Waals surface area contributed by atoms with E-state index in [1.54, 1.807) is 0 Å². The van der Waals surface area contributed by atoms with E-state index in [4.69, 9.17) is 20.3 Å². The van der Waals surface area contributed by atoms with Crippen LogP contribution in [0.2, 0.25) is 0 Å². The van der Waals surface area contributed by atoms with E-state index in [1.165, 1.54) is 12.3 Å². The minimum absolute atomic E-state index is 0. The second-order valence-corrected chi connectivity index (χ2v) is 7.57. The number of nitrogens with two attached hydrogens (primary N) is 1. The summed E-state index contributed by atoms with van der Waals surface area (Å²) in [6.07, 6.45) is -2.04. The third kappa shape index (κ3) is 6.83. The van der Waals surface area contributed by atoms with E-state index in [1.807, 2.05) is 0 Å². The van der Waals surface area contributed by atoms with E-state index in [0.717, 1.165) is 4.57 Å². The molecule has 16 heteroatoms. The first-order chi connectivity index (χ1) is 11.0. The van der Waals surface area contributed by atoms with Crippen molar-refractivity contribution in [1.82, 2.24) is 9.55 Å². The third-order valence-electron chi connectivity index (χ3n) is 2.97. The van der Waals surface area contributed by atoms with Crippen molar-refractivity contribution in [3.63, 3.8) is 0 Å². The number of hydrogen-bond donors (Lipinski definition) is 4. The van der Waals surface area contributed by atoms with Crippen LogP contribution >= 0.6 is 15.6 Å². The van der Waals surface area contributed by atoms with Gasteiger partial charge in [0.05, 0.1) is 12.7 Å². The molecule has 1 aliphatic heterocycles. The Morgan fingerprint density at radius 2 is 2.12 bits per heavy atom. The van der Waals surface area contributed by atoms with E-state index >= 15 is 0 Å². The maximum Gasteiger partial charge on any atom is 1.00 e. The summed E-state index contributed by atoms with van der Waals surface area (Å²) in [7, 11) is -10.6. The smallest absolute Gasteiger partial charge is 0.756 e. The molecular weight excluding hydrogens is 395 g/mol. The van der Waals surface area contributed by atoms with Gasteiger partial charge in [0.25, 0.3) is 7.82 Å². The van der Waals surface area contributed by atoms with Crippen molar-refractivity contribution in [1.29, 1.82) is 0 Å². The number of aromatic nitrogens is 2. The fourth-order valence-electron chi connectivity index (χ4n) is 2.00. The van der Waals surface area contributed by atoms with Crippen LogP contribution in [-0.4, -0.2) is 43.3 Å². The number of aliphatic hydroxyl groups excluding tert-OH is 1. The fraction of sp³-hybridized carbons (Fsp3) is 0.556. The summed E-state index contributed by atoms with van der Waals surface area (Å²) in [5, 5.41) is 9.85. The molecule has 25 heavy (non-hydrogen) atoms. The zero-order chi connectivity index (χ0) is 18.1. The molecule has 1 fully saturated rings. The first kappa shape index (κ1) is 22.9. The molecule has 5 N–H and O–H groups in total. The van der Waals surface area contributed by atoms with Gasteiger partial charge >= 0.3 is 43.1 Å². The molecule has 2 rings (SSSR count). The fourth-order valence-corrected chi connectivity index (χ4v) is 3.57. The molecule has 0 radical (unpaired) electrons. The Labute approximate surface area is 162 Å². The number of phosphoric ester groups is 1. The van der Waals surface area contributed by atoms with Gasteiger partial charge in [-0.3, -0.25) is 13.7 Å². The Bertz CT molecular complexity index is 753. The van der Waals surface area contributed by atoms with Gasteiger partial charge in [0.2, 0.25) is 0 Å².